The molecule has 1 aliphatic rings. The molecule has 0 amide bonds. The summed E-state index contributed by atoms with van der Waals surface area (Å²) in [6.45, 7) is 2.84. The number of anilines is 1. The van der Waals surface area contributed by atoms with Crippen LogP contribution in [0.3, 0.4) is 0 Å². The van der Waals surface area contributed by atoms with Gasteiger partial charge in [-0.3, -0.25) is 10.1 Å². The van der Waals surface area contributed by atoms with Crippen molar-refractivity contribution in [3.8, 4) is 0 Å². The van der Waals surface area contributed by atoms with Crippen molar-refractivity contribution in [2.75, 3.05) is 11.4 Å². The van der Waals surface area contributed by atoms with Gasteiger partial charge in [-0.25, -0.2) is 9.47 Å². The van der Waals surface area contributed by atoms with Crippen LogP contribution in [0.5, 0.6) is 0 Å². The van der Waals surface area contributed by atoms with E-state index in [-0.39, 0.29) is 22.7 Å². The molecule has 0 unspecified atom stereocenters. The van der Waals surface area contributed by atoms with Gasteiger partial charge < -0.3 is 22.1 Å². The Hall–Kier alpha value is -2.06. The van der Waals surface area contributed by atoms with E-state index in [0.717, 1.165) is 0 Å². The number of halogens is 1. The summed E-state index contributed by atoms with van der Waals surface area (Å²) < 4.78 is 1.87. The Morgan fingerprint density at radius 3 is 2.73 bits per heavy atom. The summed E-state index contributed by atoms with van der Waals surface area (Å²) in [5.41, 5.74) is -0.627. The maximum absolute atomic E-state index is 11.1. The van der Waals surface area contributed by atoms with Gasteiger partial charge in [0.25, 0.3) is 5.69 Å². The fourth-order valence-electron chi connectivity index (χ4n) is 2.73. The molecule has 0 saturated heterocycles. The maximum Gasteiger partial charge on any atom is 0.396 e. The van der Waals surface area contributed by atoms with Crippen LogP contribution in [0.1, 0.15) is 12.5 Å². The number of non-ortho nitro benzene ring substituents is 1. The molecule has 1 aliphatic heterocycles. The standard InChI is InChI=1S/C14H15N4O3.BrH/c1-2-17-13-15-8-3-9-16(13)10-14(17,19)11-4-6-12(7-5-11)18(20)21;/h3-9,19H,2,10H2,1H3;1H/q+1;/p-1/t14-;/m1./s1. The van der Waals surface area contributed by atoms with E-state index in [9.17, 15) is 15.2 Å². The normalized spacial score (nSPS) is 19.5. The summed E-state index contributed by atoms with van der Waals surface area (Å²) in [6.07, 6.45) is 3.53. The van der Waals surface area contributed by atoms with Crippen LogP contribution in [0.25, 0.3) is 0 Å². The molecule has 0 bridgehead atoms. The number of aromatic nitrogens is 2. The molecular formula is C14H15BrN4O3. The minimum atomic E-state index is -1.24. The predicted molar refractivity (Wildman–Crippen MR) is 74.4 cm³/mol. The highest BCUT2D eigenvalue weighted by Crippen LogP contribution is 2.33. The van der Waals surface area contributed by atoms with Gasteiger partial charge in [0.15, 0.2) is 0 Å². The highest BCUT2D eigenvalue weighted by atomic mass is 79.9. The first-order valence-electron chi connectivity index (χ1n) is 6.65. The van der Waals surface area contributed by atoms with Gasteiger partial charge in [0, 0.05) is 23.8 Å². The fraction of sp³-hybridized carbons (Fsp3) is 0.286. The Bertz CT molecular complexity index is 695. The molecule has 1 N–H and O–H groups in total. The van der Waals surface area contributed by atoms with Crippen LogP contribution in [0.4, 0.5) is 11.6 Å². The summed E-state index contributed by atoms with van der Waals surface area (Å²) in [7, 11) is 0. The number of rotatable bonds is 3. The van der Waals surface area contributed by atoms with Crippen LogP contribution in [0.15, 0.2) is 42.7 Å². The minimum absolute atomic E-state index is 0. The number of aliphatic hydroxyl groups is 1. The van der Waals surface area contributed by atoms with Crippen LogP contribution in [-0.2, 0) is 12.3 Å². The first-order chi connectivity index (χ1) is 10.1. The van der Waals surface area contributed by atoms with Crippen molar-refractivity contribution < 1.29 is 31.6 Å². The van der Waals surface area contributed by atoms with Gasteiger partial charge in [-0.15, -0.1) is 0 Å². The van der Waals surface area contributed by atoms with Crippen LogP contribution in [0.2, 0.25) is 0 Å². The molecule has 0 spiro atoms. The fourth-order valence-corrected chi connectivity index (χ4v) is 2.73. The minimum Gasteiger partial charge on any atom is -1.00 e. The Labute approximate surface area is 137 Å². The number of nitro benzene ring substituents is 1. The number of nitro groups is 1. The number of hydrogen-bond acceptors (Lipinski definition) is 5. The molecule has 2 heterocycles. The lowest BCUT2D eigenvalue weighted by Crippen LogP contribution is -3.00. The van der Waals surface area contributed by atoms with Crippen molar-refractivity contribution in [3.05, 3.63) is 58.4 Å². The number of fused-ring (bicyclic) bond motifs is 1. The molecule has 1 atom stereocenters. The summed E-state index contributed by atoms with van der Waals surface area (Å²) >= 11 is 0. The van der Waals surface area contributed by atoms with Crippen molar-refractivity contribution in [1.82, 2.24) is 4.98 Å². The van der Waals surface area contributed by atoms with Gasteiger partial charge in [-0.05, 0) is 19.1 Å². The third-order valence-electron chi connectivity index (χ3n) is 3.73. The second-order valence-corrected chi connectivity index (χ2v) is 4.91. The lowest BCUT2D eigenvalue weighted by molar-refractivity contribution is -0.685. The smallest absolute Gasteiger partial charge is 0.396 e. The molecule has 1 aromatic carbocycles. The zero-order chi connectivity index (χ0) is 15.0. The Balaban J connectivity index is 0.00000176. The number of likely N-dealkylation sites (N-methyl/N-ethyl adjacent to an activating group) is 1. The van der Waals surface area contributed by atoms with E-state index >= 15 is 0 Å². The lowest BCUT2D eigenvalue weighted by atomic mass is 10.0. The van der Waals surface area contributed by atoms with Gasteiger partial charge in [0.1, 0.15) is 12.7 Å². The number of hydrogen-bond donors (Lipinski definition) is 1. The van der Waals surface area contributed by atoms with Crippen molar-refractivity contribution in [1.29, 1.82) is 0 Å². The van der Waals surface area contributed by atoms with E-state index in [1.54, 1.807) is 29.3 Å². The topological polar surface area (TPSA) is 83.4 Å². The highest BCUT2D eigenvalue weighted by molar-refractivity contribution is 5.41. The molecule has 1 aromatic heterocycles. The first-order valence-corrected chi connectivity index (χ1v) is 6.65. The molecule has 0 aliphatic carbocycles. The average molecular weight is 367 g/mol. The van der Waals surface area contributed by atoms with Crippen molar-refractivity contribution in [2.45, 2.75) is 19.2 Å². The van der Waals surface area contributed by atoms with E-state index < -0.39 is 10.6 Å². The Morgan fingerprint density at radius 2 is 2.14 bits per heavy atom. The molecule has 8 heteroatoms. The summed E-state index contributed by atoms with van der Waals surface area (Å²) in [6, 6.07) is 7.80. The molecule has 7 nitrogen and oxygen atoms in total. The molecule has 0 radical (unpaired) electrons. The summed E-state index contributed by atoms with van der Waals surface area (Å²) in [4.78, 5) is 16.4. The van der Waals surface area contributed by atoms with Crippen LogP contribution in [0, 0.1) is 10.1 Å². The molecule has 0 saturated carbocycles. The Morgan fingerprint density at radius 1 is 1.45 bits per heavy atom. The molecular weight excluding hydrogens is 352 g/mol. The van der Waals surface area contributed by atoms with E-state index in [2.05, 4.69) is 4.98 Å². The second-order valence-electron chi connectivity index (χ2n) is 4.91. The van der Waals surface area contributed by atoms with Crippen molar-refractivity contribution >= 4 is 11.6 Å². The second kappa shape index (κ2) is 5.98. The quantitative estimate of drug-likeness (QED) is 0.384. The number of benzene rings is 1. The molecule has 116 valence electrons. The predicted octanol–water partition coefficient (Wildman–Crippen LogP) is -2.03. The third kappa shape index (κ3) is 2.44. The monoisotopic (exact) mass is 366 g/mol. The van der Waals surface area contributed by atoms with Crippen molar-refractivity contribution in [2.24, 2.45) is 0 Å². The highest BCUT2D eigenvalue weighted by Gasteiger charge is 2.50. The zero-order valence-corrected chi connectivity index (χ0v) is 13.5. The van der Waals surface area contributed by atoms with E-state index in [1.165, 1.54) is 12.1 Å². The van der Waals surface area contributed by atoms with Crippen LogP contribution >= 0.6 is 0 Å². The molecule has 0 fully saturated rings. The Kier molecular flexibility index (Phi) is 4.43. The van der Waals surface area contributed by atoms with Crippen LogP contribution < -0.4 is 26.4 Å². The van der Waals surface area contributed by atoms with Gasteiger partial charge in [-0.1, -0.05) is 4.98 Å². The average Bonchev–Trinajstić information content (AvgIpc) is 2.79. The summed E-state index contributed by atoms with van der Waals surface area (Å²) in [5, 5.41) is 21.8. The zero-order valence-electron chi connectivity index (χ0n) is 11.9. The summed E-state index contributed by atoms with van der Waals surface area (Å²) in [5.74, 6) is 0.681. The first kappa shape index (κ1) is 16.3. The molecule has 22 heavy (non-hydrogen) atoms. The van der Waals surface area contributed by atoms with Gasteiger partial charge in [0.05, 0.1) is 17.7 Å². The van der Waals surface area contributed by atoms with Gasteiger partial charge in [-0.2, -0.15) is 0 Å². The van der Waals surface area contributed by atoms with E-state index in [4.69, 9.17) is 0 Å². The largest absolute Gasteiger partial charge is 1.00 e. The van der Waals surface area contributed by atoms with Crippen LogP contribution in [-0.4, -0.2) is 21.6 Å². The lowest BCUT2D eigenvalue weighted by Gasteiger charge is -2.27. The van der Waals surface area contributed by atoms with Crippen molar-refractivity contribution in [3.63, 3.8) is 0 Å². The van der Waals surface area contributed by atoms with Gasteiger partial charge in [0.2, 0.25) is 5.72 Å². The number of nitrogens with zero attached hydrogens (tertiary/aromatic N) is 4. The molecule has 3 rings (SSSR count). The van der Waals surface area contributed by atoms with E-state index in [1.807, 2.05) is 17.7 Å². The third-order valence-corrected chi connectivity index (χ3v) is 3.73. The SMILES string of the molecule is CCN1c2nccc[n+]2C[C@@]1(O)c1ccc([N+](=O)[O-])cc1.[Br-]. The van der Waals surface area contributed by atoms with Gasteiger partial charge >= 0.3 is 5.95 Å². The molecule has 2 aromatic rings. The maximum atomic E-state index is 11.1. The van der Waals surface area contributed by atoms with E-state index in [0.29, 0.717) is 24.6 Å².